The summed E-state index contributed by atoms with van der Waals surface area (Å²) in [4.78, 5) is 20.9. The largest absolute Gasteiger partial charge is 0.497 e. The Balaban J connectivity index is 0.000000396. The number of esters is 1. The van der Waals surface area contributed by atoms with Gasteiger partial charge >= 0.3 is 11.9 Å². The van der Waals surface area contributed by atoms with Crippen LogP contribution >= 0.6 is 0 Å². The maximum Gasteiger partial charge on any atom is 0.330 e. The van der Waals surface area contributed by atoms with Crippen molar-refractivity contribution in [1.82, 2.24) is 0 Å². The Bertz CT molecular complexity index is 838. The number of rotatable bonds is 12. The smallest absolute Gasteiger partial charge is 0.330 e. The number of methoxy groups -OCH3 is 1. The first-order chi connectivity index (χ1) is 15.5. The van der Waals surface area contributed by atoms with Crippen LogP contribution in [0.15, 0.2) is 67.3 Å². The Hall–Kier alpha value is -3.54. The van der Waals surface area contributed by atoms with Crippen LogP contribution in [0.3, 0.4) is 0 Å². The van der Waals surface area contributed by atoms with Crippen LogP contribution in [-0.2, 0) is 20.9 Å². The lowest BCUT2D eigenvalue weighted by molar-refractivity contribution is -0.138. The topological polar surface area (TPSA) is 82.1 Å². The molecule has 0 unspecified atom stereocenters. The molecule has 0 saturated heterocycles. The SMILES string of the molecule is C=CC(=O)OCCCCCC.COc1ccc(COc2ccc(C=CC(=O)O)cc2)cc1. The quantitative estimate of drug-likeness (QED) is 0.260. The molecule has 2 aromatic carbocycles. The number of carbonyl (C=O) groups is 2. The highest BCUT2D eigenvalue weighted by Crippen LogP contribution is 2.16. The predicted octanol–water partition coefficient (Wildman–Crippen LogP) is 5.67. The van der Waals surface area contributed by atoms with Crippen LogP contribution in [0.4, 0.5) is 0 Å². The highest BCUT2D eigenvalue weighted by Gasteiger charge is 1.98. The standard InChI is InChI=1S/C17H16O4.C9H16O2/c1-20-15-7-4-14(5-8-15)12-21-16-9-2-13(3-10-16)6-11-17(18)19;1-3-5-6-7-8-11-9(10)4-2/h2-11H,12H2,1H3,(H,18,19);4H,2-3,5-8H2,1H3. The molecule has 0 amide bonds. The second-order valence-corrected chi connectivity index (χ2v) is 6.81. The molecule has 0 aromatic heterocycles. The van der Waals surface area contributed by atoms with Gasteiger partial charge in [0.1, 0.15) is 18.1 Å². The Kier molecular flexibility index (Phi) is 13.4. The summed E-state index contributed by atoms with van der Waals surface area (Å²) >= 11 is 0. The summed E-state index contributed by atoms with van der Waals surface area (Å²) in [5.41, 5.74) is 1.86. The lowest BCUT2D eigenvalue weighted by Gasteiger charge is -2.07. The molecule has 0 bridgehead atoms. The molecule has 0 aliphatic rings. The van der Waals surface area contributed by atoms with E-state index in [2.05, 4.69) is 13.5 Å². The minimum absolute atomic E-state index is 0.318. The van der Waals surface area contributed by atoms with Crippen molar-refractivity contribution in [1.29, 1.82) is 0 Å². The number of carbonyl (C=O) groups excluding carboxylic acids is 1. The van der Waals surface area contributed by atoms with Gasteiger partial charge < -0.3 is 19.3 Å². The van der Waals surface area contributed by atoms with E-state index in [9.17, 15) is 9.59 Å². The molecule has 2 rings (SSSR count). The van der Waals surface area contributed by atoms with Crippen LogP contribution in [0.5, 0.6) is 11.5 Å². The van der Waals surface area contributed by atoms with Crippen molar-refractivity contribution in [2.24, 2.45) is 0 Å². The van der Waals surface area contributed by atoms with Gasteiger partial charge in [-0.3, -0.25) is 0 Å². The van der Waals surface area contributed by atoms with E-state index in [1.165, 1.54) is 25.0 Å². The van der Waals surface area contributed by atoms with Crippen LogP contribution in [0.2, 0.25) is 0 Å². The van der Waals surface area contributed by atoms with Gasteiger partial charge in [0.05, 0.1) is 13.7 Å². The summed E-state index contributed by atoms with van der Waals surface area (Å²) < 4.78 is 15.5. The molecule has 0 spiro atoms. The molecule has 6 heteroatoms. The molecule has 32 heavy (non-hydrogen) atoms. The molecule has 0 saturated carbocycles. The van der Waals surface area contributed by atoms with Crippen molar-refractivity contribution in [2.45, 2.75) is 39.2 Å². The maximum absolute atomic E-state index is 10.5. The van der Waals surface area contributed by atoms with Crippen LogP contribution in [-0.4, -0.2) is 30.8 Å². The molecule has 0 aliphatic carbocycles. The van der Waals surface area contributed by atoms with E-state index >= 15 is 0 Å². The third kappa shape index (κ3) is 12.2. The van der Waals surface area contributed by atoms with Gasteiger partial charge in [0.25, 0.3) is 0 Å². The summed E-state index contributed by atoms with van der Waals surface area (Å²) in [6.07, 6.45) is 8.36. The second-order valence-electron chi connectivity index (χ2n) is 6.81. The van der Waals surface area contributed by atoms with Gasteiger partial charge in [-0.15, -0.1) is 0 Å². The molecule has 172 valence electrons. The number of benzene rings is 2. The lowest BCUT2D eigenvalue weighted by atomic mass is 10.2. The fraction of sp³-hybridized carbons (Fsp3) is 0.308. The van der Waals surface area contributed by atoms with E-state index in [1.807, 2.05) is 48.5 Å². The molecule has 0 radical (unpaired) electrons. The number of carboxylic acids is 1. The molecule has 0 heterocycles. The van der Waals surface area contributed by atoms with Crippen molar-refractivity contribution in [3.63, 3.8) is 0 Å². The first-order valence-electron chi connectivity index (χ1n) is 10.5. The molecule has 0 atom stereocenters. The average molecular weight is 441 g/mol. The molecular weight excluding hydrogens is 408 g/mol. The van der Waals surface area contributed by atoms with Crippen molar-refractivity contribution >= 4 is 18.0 Å². The summed E-state index contributed by atoms with van der Waals surface area (Å²) in [6.45, 7) is 6.45. The Labute approximate surface area is 190 Å². The lowest BCUT2D eigenvalue weighted by Crippen LogP contribution is -2.01. The highest BCUT2D eigenvalue weighted by atomic mass is 16.5. The van der Waals surface area contributed by atoms with Crippen molar-refractivity contribution in [3.05, 3.63) is 78.4 Å². The highest BCUT2D eigenvalue weighted by molar-refractivity contribution is 5.85. The van der Waals surface area contributed by atoms with E-state index in [-0.39, 0.29) is 5.97 Å². The van der Waals surface area contributed by atoms with Crippen LogP contribution < -0.4 is 9.47 Å². The number of carboxylic acid groups (broad SMARTS) is 1. The van der Waals surface area contributed by atoms with Gasteiger partial charge in [0.2, 0.25) is 0 Å². The minimum atomic E-state index is -0.963. The zero-order chi connectivity index (χ0) is 23.6. The molecule has 0 fully saturated rings. The molecule has 6 nitrogen and oxygen atoms in total. The van der Waals surface area contributed by atoms with E-state index in [4.69, 9.17) is 19.3 Å². The normalized spacial score (nSPS) is 10.1. The zero-order valence-electron chi connectivity index (χ0n) is 18.8. The first kappa shape index (κ1) is 26.5. The first-order valence-corrected chi connectivity index (χ1v) is 10.5. The average Bonchev–Trinajstić information content (AvgIpc) is 2.82. The predicted molar refractivity (Wildman–Crippen MR) is 126 cm³/mol. The molecule has 2 aromatic rings. The molecule has 0 aliphatic heterocycles. The van der Waals surface area contributed by atoms with Crippen molar-refractivity contribution < 1.29 is 28.9 Å². The van der Waals surface area contributed by atoms with Gasteiger partial charge in [-0.05, 0) is 47.9 Å². The fourth-order valence-corrected chi connectivity index (χ4v) is 2.49. The fourth-order valence-electron chi connectivity index (χ4n) is 2.49. The van der Waals surface area contributed by atoms with Crippen LogP contribution in [0.1, 0.15) is 43.7 Å². The summed E-state index contributed by atoms with van der Waals surface area (Å²) in [5.74, 6) is 0.267. The third-order valence-electron chi connectivity index (χ3n) is 4.27. The number of aliphatic carboxylic acids is 1. The maximum atomic E-state index is 10.5. The number of hydrogen-bond donors (Lipinski definition) is 1. The van der Waals surface area contributed by atoms with Gasteiger partial charge in [0, 0.05) is 12.2 Å². The minimum Gasteiger partial charge on any atom is -0.497 e. The molecular formula is C26H32O6. The Morgan fingerprint density at radius 3 is 2.19 bits per heavy atom. The summed E-state index contributed by atoms with van der Waals surface area (Å²) in [7, 11) is 1.63. The second kappa shape index (κ2) is 16.2. The van der Waals surface area contributed by atoms with E-state index in [1.54, 1.807) is 7.11 Å². The van der Waals surface area contributed by atoms with Crippen molar-refractivity contribution in [3.8, 4) is 11.5 Å². The Morgan fingerprint density at radius 1 is 0.969 bits per heavy atom. The van der Waals surface area contributed by atoms with Crippen LogP contribution in [0.25, 0.3) is 6.08 Å². The van der Waals surface area contributed by atoms with Gasteiger partial charge in [-0.1, -0.05) is 57.0 Å². The number of unbranched alkanes of at least 4 members (excludes halogenated alkanes) is 3. The zero-order valence-corrected chi connectivity index (χ0v) is 18.8. The number of ether oxygens (including phenoxy) is 3. The van der Waals surface area contributed by atoms with Crippen LogP contribution in [0, 0.1) is 0 Å². The van der Waals surface area contributed by atoms with E-state index in [0.29, 0.717) is 13.2 Å². The van der Waals surface area contributed by atoms with Gasteiger partial charge in [0.15, 0.2) is 0 Å². The monoisotopic (exact) mass is 440 g/mol. The van der Waals surface area contributed by atoms with Crippen molar-refractivity contribution in [2.75, 3.05) is 13.7 Å². The van der Waals surface area contributed by atoms with E-state index in [0.717, 1.165) is 41.5 Å². The summed E-state index contributed by atoms with van der Waals surface area (Å²) in [6, 6.07) is 14.9. The van der Waals surface area contributed by atoms with Gasteiger partial charge in [-0.25, -0.2) is 9.59 Å². The third-order valence-corrected chi connectivity index (χ3v) is 4.27. The van der Waals surface area contributed by atoms with Gasteiger partial charge in [-0.2, -0.15) is 0 Å². The van der Waals surface area contributed by atoms with E-state index < -0.39 is 5.97 Å². The Morgan fingerprint density at radius 2 is 1.62 bits per heavy atom. The molecule has 1 N–H and O–H groups in total. The number of hydrogen-bond acceptors (Lipinski definition) is 5. The summed E-state index contributed by atoms with van der Waals surface area (Å²) in [5, 5.41) is 8.56.